The van der Waals surface area contributed by atoms with E-state index in [2.05, 4.69) is 0 Å². The van der Waals surface area contributed by atoms with E-state index in [9.17, 15) is 14.0 Å². The van der Waals surface area contributed by atoms with Crippen molar-refractivity contribution >= 4 is 40.9 Å². The van der Waals surface area contributed by atoms with Crippen LogP contribution in [0.25, 0.3) is 0 Å². The Morgan fingerprint density at radius 2 is 1.74 bits per heavy atom. The molecule has 5 rings (SSSR count). The van der Waals surface area contributed by atoms with Gasteiger partial charge in [0.05, 0.1) is 12.2 Å². The van der Waals surface area contributed by atoms with Gasteiger partial charge in [-0.15, -0.1) is 11.8 Å². The van der Waals surface area contributed by atoms with Crippen LogP contribution in [0.5, 0.6) is 0 Å². The van der Waals surface area contributed by atoms with Crippen LogP contribution in [0, 0.1) is 5.82 Å². The van der Waals surface area contributed by atoms with Crippen molar-refractivity contribution in [3.63, 3.8) is 0 Å². The van der Waals surface area contributed by atoms with Crippen molar-refractivity contribution in [2.75, 3.05) is 17.2 Å². The van der Waals surface area contributed by atoms with Crippen molar-refractivity contribution in [3.8, 4) is 0 Å². The van der Waals surface area contributed by atoms with E-state index >= 15 is 0 Å². The van der Waals surface area contributed by atoms with Gasteiger partial charge in [-0.1, -0.05) is 48.0 Å². The van der Waals surface area contributed by atoms with E-state index < -0.39 is 10.7 Å². The van der Waals surface area contributed by atoms with Crippen LogP contribution >= 0.6 is 23.4 Å². The molecule has 0 unspecified atom stereocenters. The lowest BCUT2D eigenvalue weighted by Crippen LogP contribution is -2.50. The van der Waals surface area contributed by atoms with Crippen molar-refractivity contribution in [3.05, 3.63) is 100 Å². The first-order valence-electron chi connectivity index (χ1n) is 9.89. The maximum Gasteiger partial charge on any atom is 0.268 e. The van der Waals surface area contributed by atoms with Crippen molar-refractivity contribution < 1.29 is 14.0 Å². The zero-order valence-electron chi connectivity index (χ0n) is 16.4. The number of amides is 2. The summed E-state index contributed by atoms with van der Waals surface area (Å²) in [5, 5.41) is 0.590. The Morgan fingerprint density at radius 1 is 1.03 bits per heavy atom. The lowest BCUT2D eigenvalue weighted by molar-refractivity contribution is -0.123. The topological polar surface area (TPSA) is 40.6 Å². The molecule has 0 aromatic heterocycles. The molecule has 1 spiro atoms. The third kappa shape index (κ3) is 3.13. The number of benzene rings is 3. The van der Waals surface area contributed by atoms with Crippen molar-refractivity contribution in [1.29, 1.82) is 0 Å². The van der Waals surface area contributed by atoms with Gasteiger partial charge < -0.3 is 9.80 Å². The smallest absolute Gasteiger partial charge is 0.268 e. The molecule has 0 radical (unpaired) electrons. The zero-order chi connectivity index (χ0) is 21.6. The van der Waals surface area contributed by atoms with E-state index in [1.165, 1.54) is 36.0 Å². The molecule has 2 heterocycles. The van der Waals surface area contributed by atoms with Crippen LogP contribution < -0.4 is 4.90 Å². The van der Waals surface area contributed by atoms with Gasteiger partial charge in [-0.05, 0) is 42.0 Å². The summed E-state index contributed by atoms with van der Waals surface area (Å²) in [6.07, 6.45) is 0. The number of carbonyl (C=O) groups excluding carboxylic acids is 2. The Kier molecular flexibility index (Phi) is 4.99. The van der Waals surface area contributed by atoms with Gasteiger partial charge in [0.15, 0.2) is 4.87 Å². The number of fused-ring (bicyclic) bond motifs is 2. The monoisotopic (exact) mass is 452 g/mol. The maximum atomic E-state index is 13.9. The van der Waals surface area contributed by atoms with Gasteiger partial charge in [-0.2, -0.15) is 0 Å². The average molecular weight is 453 g/mol. The molecule has 3 aromatic rings. The summed E-state index contributed by atoms with van der Waals surface area (Å²) in [5.74, 6) is -0.220. The second-order valence-electron chi connectivity index (χ2n) is 7.46. The summed E-state index contributed by atoms with van der Waals surface area (Å²) in [6.45, 7) is 0.747. The van der Waals surface area contributed by atoms with Gasteiger partial charge in [0.25, 0.3) is 11.8 Å². The third-order valence-electron chi connectivity index (χ3n) is 5.72. The van der Waals surface area contributed by atoms with Gasteiger partial charge in [-0.3, -0.25) is 9.59 Å². The fraction of sp³-hybridized carbons (Fsp3) is 0.167. The number of thioether (sulfide) groups is 1. The molecule has 1 fully saturated rings. The van der Waals surface area contributed by atoms with Gasteiger partial charge in [0.2, 0.25) is 0 Å². The van der Waals surface area contributed by atoms with Crippen LogP contribution in [0.3, 0.4) is 0 Å². The highest BCUT2D eigenvalue weighted by molar-refractivity contribution is 8.01. The summed E-state index contributed by atoms with van der Waals surface area (Å²) < 4.78 is 13.4. The van der Waals surface area contributed by atoms with Gasteiger partial charge >= 0.3 is 0 Å². The number of halogens is 2. The number of para-hydroxylation sites is 1. The summed E-state index contributed by atoms with van der Waals surface area (Å²) >= 11 is 7.82. The molecule has 0 aliphatic carbocycles. The summed E-state index contributed by atoms with van der Waals surface area (Å²) in [6, 6.07) is 20.4. The van der Waals surface area contributed by atoms with E-state index in [1.807, 2.05) is 42.5 Å². The highest BCUT2D eigenvalue weighted by Gasteiger charge is 2.59. The minimum Gasteiger partial charge on any atom is -0.311 e. The molecule has 0 bridgehead atoms. The van der Waals surface area contributed by atoms with Crippen LogP contribution in [-0.4, -0.2) is 29.0 Å². The highest BCUT2D eigenvalue weighted by Crippen LogP contribution is 2.54. The Morgan fingerprint density at radius 3 is 2.52 bits per heavy atom. The molecule has 1 saturated heterocycles. The SMILES string of the molecule is O=C(c1ccc(F)cc1)N1CCS[C@@]12C(=O)N(Cc1ccccc1Cl)c1ccccc12. The standard InChI is InChI=1S/C24H18ClFN2O2S/c25-20-7-3-1-5-17(20)15-27-21-8-4-2-6-19(21)24(23(27)30)28(13-14-31-24)22(29)16-9-11-18(26)12-10-16/h1-12H,13-15H2/t24-/m0/s1. The van der Waals surface area contributed by atoms with Crippen molar-refractivity contribution in [2.24, 2.45) is 0 Å². The number of nitrogens with zero attached hydrogens (tertiary/aromatic N) is 2. The summed E-state index contributed by atoms with van der Waals surface area (Å²) in [5.41, 5.74) is 2.77. The number of anilines is 1. The lowest BCUT2D eigenvalue weighted by Gasteiger charge is -2.33. The predicted octanol–water partition coefficient (Wildman–Crippen LogP) is 5.07. The molecule has 2 aliphatic rings. The Labute approximate surface area is 188 Å². The average Bonchev–Trinajstić information content (AvgIpc) is 3.32. The van der Waals surface area contributed by atoms with Crippen LogP contribution in [0.1, 0.15) is 21.5 Å². The second kappa shape index (κ2) is 7.70. The molecule has 7 heteroatoms. The maximum absolute atomic E-state index is 13.9. The van der Waals surface area contributed by atoms with Gasteiger partial charge in [0.1, 0.15) is 5.82 Å². The Balaban J connectivity index is 1.58. The first kappa shape index (κ1) is 20.1. The largest absolute Gasteiger partial charge is 0.311 e. The molecular formula is C24H18ClFN2O2S. The van der Waals surface area contributed by atoms with Crippen LogP contribution in [-0.2, 0) is 16.2 Å². The van der Waals surface area contributed by atoms with Gasteiger partial charge in [-0.25, -0.2) is 4.39 Å². The van der Waals surface area contributed by atoms with Gasteiger partial charge in [0, 0.05) is 28.4 Å². The Hall–Kier alpha value is -2.83. The minimum atomic E-state index is -1.14. The molecule has 0 saturated carbocycles. The number of carbonyl (C=O) groups is 2. The zero-order valence-corrected chi connectivity index (χ0v) is 18.0. The molecular weight excluding hydrogens is 435 g/mol. The normalized spacial score (nSPS) is 19.9. The molecule has 2 amide bonds. The number of hydrogen-bond acceptors (Lipinski definition) is 3. The molecule has 0 N–H and O–H groups in total. The second-order valence-corrected chi connectivity index (χ2v) is 9.15. The van der Waals surface area contributed by atoms with Crippen molar-refractivity contribution in [1.82, 2.24) is 4.90 Å². The molecule has 31 heavy (non-hydrogen) atoms. The van der Waals surface area contributed by atoms with E-state index in [4.69, 9.17) is 11.6 Å². The highest BCUT2D eigenvalue weighted by atomic mass is 35.5. The van der Waals surface area contributed by atoms with Crippen LogP contribution in [0.2, 0.25) is 5.02 Å². The molecule has 4 nitrogen and oxygen atoms in total. The number of hydrogen-bond donors (Lipinski definition) is 0. The quantitative estimate of drug-likeness (QED) is 0.557. The van der Waals surface area contributed by atoms with E-state index in [1.54, 1.807) is 15.9 Å². The minimum absolute atomic E-state index is 0.161. The summed E-state index contributed by atoms with van der Waals surface area (Å²) in [7, 11) is 0. The third-order valence-corrected chi connectivity index (χ3v) is 7.51. The molecule has 3 aromatic carbocycles. The van der Waals surface area contributed by atoms with Crippen LogP contribution in [0.15, 0.2) is 72.8 Å². The van der Waals surface area contributed by atoms with Crippen LogP contribution in [0.4, 0.5) is 10.1 Å². The van der Waals surface area contributed by atoms with E-state index in [0.29, 0.717) is 29.4 Å². The van der Waals surface area contributed by atoms with E-state index in [0.717, 1.165) is 16.8 Å². The predicted molar refractivity (Wildman–Crippen MR) is 121 cm³/mol. The molecule has 2 aliphatic heterocycles. The Bertz CT molecular complexity index is 1190. The molecule has 1 atom stereocenters. The number of rotatable bonds is 3. The fourth-order valence-electron chi connectivity index (χ4n) is 4.27. The first-order valence-corrected chi connectivity index (χ1v) is 11.2. The summed E-state index contributed by atoms with van der Waals surface area (Å²) in [4.78, 5) is 29.5. The van der Waals surface area contributed by atoms with E-state index in [-0.39, 0.29) is 11.8 Å². The van der Waals surface area contributed by atoms with Crippen molar-refractivity contribution in [2.45, 2.75) is 11.4 Å². The molecule has 156 valence electrons. The first-order chi connectivity index (χ1) is 15.0. The fourth-order valence-corrected chi connectivity index (χ4v) is 5.93. The lowest BCUT2D eigenvalue weighted by atomic mass is 10.0.